The van der Waals surface area contributed by atoms with Crippen molar-refractivity contribution in [3.05, 3.63) is 39.9 Å². The van der Waals surface area contributed by atoms with Gasteiger partial charge in [-0.15, -0.1) is 0 Å². The first-order valence-corrected chi connectivity index (χ1v) is 7.14. The van der Waals surface area contributed by atoms with Gasteiger partial charge in [-0.3, -0.25) is 19.7 Å². The molecule has 1 aromatic carbocycles. The van der Waals surface area contributed by atoms with E-state index in [4.69, 9.17) is 9.47 Å². The first-order valence-electron chi connectivity index (χ1n) is 7.14. The van der Waals surface area contributed by atoms with E-state index in [0.717, 1.165) is 6.07 Å². The molecule has 0 amide bonds. The van der Waals surface area contributed by atoms with Crippen LogP contribution in [0.1, 0.15) is 25.3 Å². The molecule has 2 atom stereocenters. The van der Waals surface area contributed by atoms with Gasteiger partial charge in [0, 0.05) is 18.1 Å². The number of rotatable bonds is 6. The van der Waals surface area contributed by atoms with Crippen LogP contribution in [0, 0.1) is 15.5 Å². The van der Waals surface area contributed by atoms with E-state index in [0.29, 0.717) is 0 Å². The summed E-state index contributed by atoms with van der Waals surface area (Å²) in [6, 6.07) is 5.21. The Morgan fingerprint density at radius 2 is 1.83 bits per heavy atom. The minimum Gasteiger partial charge on any atom is -0.465 e. The standard InChI is InChI=1S/C15H16FNO6/c1-3-22-13(18)15(14(19)23-4-2)11(12(15)16)9-6-5-7-10(8-9)17(20)21/h5-8,11-12H,3-4H2,1-2H3. The van der Waals surface area contributed by atoms with Crippen LogP contribution >= 0.6 is 0 Å². The van der Waals surface area contributed by atoms with Crippen LogP contribution in [-0.4, -0.2) is 36.2 Å². The number of esters is 2. The van der Waals surface area contributed by atoms with E-state index in [9.17, 15) is 24.1 Å². The van der Waals surface area contributed by atoms with Crippen LogP contribution in [0.15, 0.2) is 24.3 Å². The summed E-state index contributed by atoms with van der Waals surface area (Å²) in [5.41, 5.74) is -2.14. The van der Waals surface area contributed by atoms with E-state index in [1.54, 1.807) is 0 Å². The molecule has 8 heteroatoms. The zero-order valence-corrected chi connectivity index (χ0v) is 12.7. The molecule has 1 saturated carbocycles. The molecular formula is C15H16FNO6. The molecule has 0 radical (unpaired) electrons. The van der Waals surface area contributed by atoms with E-state index < -0.39 is 34.4 Å². The minimum atomic E-state index is -2.08. The van der Waals surface area contributed by atoms with Gasteiger partial charge in [0.15, 0.2) is 0 Å². The fourth-order valence-corrected chi connectivity index (χ4v) is 2.67. The molecule has 0 bridgehead atoms. The maximum atomic E-state index is 14.5. The van der Waals surface area contributed by atoms with Gasteiger partial charge in [-0.25, -0.2) is 4.39 Å². The van der Waals surface area contributed by atoms with E-state index in [1.807, 2.05) is 0 Å². The highest BCUT2D eigenvalue weighted by Gasteiger charge is 2.78. The number of ether oxygens (including phenoxy) is 2. The van der Waals surface area contributed by atoms with E-state index in [1.165, 1.54) is 32.0 Å². The molecule has 7 nitrogen and oxygen atoms in total. The highest BCUT2D eigenvalue weighted by atomic mass is 19.1. The zero-order valence-electron chi connectivity index (χ0n) is 12.7. The number of nitrogens with zero attached hydrogens (tertiary/aromatic N) is 1. The zero-order chi connectivity index (χ0) is 17.2. The maximum absolute atomic E-state index is 14.5. The molecule has 124 valence electrons. The lowest BCUT2D eigenvalue weighted by molar-refractivity contribution is -0.384. The Hall–Kier alpha value is -2.51. The van der Waals surface area contributed by atoms with Crippen molar-refractivity contribution in [1.82, 2.24) is 0 Å². The second kappa shape index (κ2) is 6.31. The number of alkyl halides is 1. The summed E-state index contributed by atoms with van der Waals surface area (Å²) in [5, 5.41) is 10.8. The summed E-state index contributed by atoms with van der Waals surface area (Å²) in [6.07, 6.45) is -1.84. The SMILES string of the molecule is CCOC(=O)C1(C(=O)OCC)C(F)C1c1cccc([N+](=O)[O-])c1. The van der Waals surface area contributed by atoms with Crippen LogP contribution in [0.4, 0.5) is 10.1 Å². The van der Waals surface area contributed by atoms with Gasteiger partial charge in [-0.1, -0.05) is 12.1 Å². The average molecular weight is 325 g/mol. The van der Waals surface area contributed by atoms with Gasteiger partial charge in [-0.05, 0) is 19.4 Å². The first kappa shape index (κ1) is 16.9. The minimum absolute atomic E-state index is 0.0195. The van der Waals surface area contributed by atoms with Crippen molar-refractivity contribution in [2.45, 2.75) is 25.9 Å². The molecule has 0 heterocycles. The van der Waals surface area contributed by atoms with Gasteiger partial charge in [0.1, 0.15) is 6.17 Å². The van der Waals surface area contributed by atoms with E-state index in [-0.39, 0.29) is 24.5 Å². The summed E-state index contributed by atoms with van der Waals surface area (Å²) in [5.74, 6) is -3.18. The lowest BCUT2D eigenvalue weighted by Gasteiger charge is -2.14. The van der Waals surface area contributed by atoms with Gasteiger partial charge in [0.25, 0.3) is 5.69 Å². The molecule has 2 rings (SSSR count). The van der Waals surface area contributed by atoms with Crippen molar-refractivity contribution in [2.24, 2.45) is 5.41 Å². The third-order valence-corrected chi connectivity index (χ3v) is 3.78. The summed E-state index contributed by atoms with van der Waals surface area (Å²) in [6.45, 7) is 3.03. The highest BCUT2D eigenvalue weighted by molar-refractivity contribution is 6.06. The smallest absolute Gasteiger partial charge is 0.327 e. The fraction of sp³-hybridized carbons (Fsp3) is 0.467. The normalized spacial score (nSPS) is 21.3. The molecule has 2 unspecified atom stereocenters. The summed E-state index contributed by atoms with van der Waals surface area (Å²) >= 11 is 0. The second-order valence-electron chi connectivity index (χ2n) is 5.04. The van der Waals surface area contributed by atoms with Crippen LogP contribution < -0.4 is 0 Å². The molecular weight excluding hydrogens is 309 g/mol. The number of nitro groups is 1. The number of nitro benzene ring substituents is 1. The quantitative estimate of drug-likeness (QED) is 0.344. The Morgan fingerprint density at radius 1 is 1.26 bits per heavy atom. The number of non-ortho nitro benzene ring substituents is 1. The maximum Gasteiger partial charge on any atom is 0.327 e. The Bertz CT molecular complexity index is 629. The third-order valence-electron chi connectivity index (χ3n) is 3.78. The number of carbonyl (C=O) groups excluding carboxylic acids is 2. The molecule has 1 aromatic rings. The van der Waals surface area contributed by atoms with Gasteiger partial charge in [0.05, 0.1) is 18.1 Å². The number of benzene rings is 1. The highest BCUT2D eigenvalue weighted by Crippen LogP contribution is 2.63. The van der Waals surface area contributed by atoms with Crippen molar-refractivity contribution in [3.8, 4) is 0 Å². The Labute approximate surface area is 131 Å². The molecule has 1 aliphatic carbocycles. The summed E-state index contributed by atoms with van der Waals surface area (Å²) < 4.78 is 24.1. The lowest BCUT2D eigenvalue weighted by Crippen LogP contribution is -2.33. The Morgan fingerprint density at radius 3 is 2.30 bits per heavy atom. The predicted octanol–water partition coefficient (Wildman–Crippen LogP) is 2.14. The van der Waals surface area contributed by atoms with Crippen LogP contribution in [0.3, 0.4) is 0 Å². The molecule has 0 aliphatic heterocycles. The molecule has 23 heavy (non-hydrogen) atoms. The van der Waals surface area contributed by atoms with Crippen molar-refractivity contribution in [2.75, 3.05) is 13.2 Å². The van der Waals surface area contributed by atoms with Gasteiger partial charge < -0.3 is 9.47 Å². The van der Waals surface area contributed by atoms with Gasteiger partial charge in [-0.2, -0.15) is 0 Å². The topological polar surface area (TPSA) is 95.7 Å². The second-order valence-corrected chi connectivity index (χ2v) is 5.04. The molecule has 0 aromatic heterocycles. The number of halogens is 1. The Balaban J connectivity index is 2.42. The average Bonchev–Trinajstić information content (AvgIpc) is 3.14. The van der Waals surface area contributed by atoms with Crippen molar-refractivity contribution < 1.29 is 28.4 Å². The molecule has 1 fully saturated rings. The van der Waals surface area contributed by atoms with E-state index >= 15 is 0 Å². The third kappa shape index (κ3) is 2.64. The van der Waals surface area contributed by atoms with Crippen molar-refractivity contribution in [1.29, 1.82) is 0 Å². The van der Waals surface area contributed by atoms with Gasteiger partial charge >= 0.3 is 11.9 Å². The van der Waals surface area contributed by atoms with E-state index in [2.05, 4.69) is 0 Å². The van der Waals surface area contributed by atoms with Crippen LogP contribution in [0.25, 0.3) is 0 Å². The Kier molecular flexibility index (Phi) is 4.63. The summed E-state index contributed by atoms with van der Waals surface area (Å²) in [4.78, 5) is 34.5. The molecule has 1 aliphatic rings. The van der Waals surface area contributed by atoms with Crippen molar-refractivity contribution >= 4 is 17.6 Å². The number of hydrogen-bond donors (Lipinski definition) is 0. The lowest BCUT2D eigenvalue weighted by atomic mass is 9.98. The molecule has 0 N–H and O–H groups in total. The predicted molar refractivity (Wildman–Crippen MR) is 76.4 cm³/mol. The van der Waals surface area contributed by atoms with Crippen LogP contribution in [0.5, 0.6) is 0 Å². The number of carbonyl (C=O) groups is 2. The molecule has 0 saturated heterocycles. The molecule has 0 spiro atoms. The van der Waals surface area contributed by atoms with Crippen LogP contribution in [0.2, 0.25) is 0 Å². The fourth-order valence-electron chi connectivity index (χ4n) is 2.67. The summed E-state index contributed by atoms with van der Waals surface area (Å²) in [7, 11) is 0. The van der Waals surface area contributed by atoms with Gasteiger partial charge in [0.2, 0.25) is 5.41 Å². The first-order chi connectivity index (χ1) is 10.9. The van der Waals surface area contributed by atoms with Crippen molar-refractivity contribution in [3.63, 3.8) is 0 Å². The largest absolute Gasteiger partial charge is 0.465 e. The monoisotopic (exact) mass is 325 g/mol. The van der Waals surface area contributed by atoms with Crippen LogP contribution in [-0.2, 0) is 19.1 Å². The number of hydrogen-bond acceptors (Lipinski definition) is 6.